The van der Waals surface area contributed by atoms with E-state index >= 15 is 0 Å². The van der Waals surface area contributed by atoms with Gasteiger partial charge < -0.3 is 5.73 Å². The number of aromatic nitrogens is 3. The quantitative estimate of drug-likeness (QED) is 0.597. The van der Waals surface area contributed by atoms with Gasteiger partial charge in [-0.2, -0.15) is 5.26 Å². The minimum absolute atomic E-state index is 0.0650. The first-order chi connectivity index (χ1) is 12.3. The van der Waals surface area contributed by atoms with Crippen LogP contribution in [0.15, 0.2) is 20.7 Å². The number of H-pyrrole nitrogens is 1. The maximum Gasteiger partial charge on any atom is 0.330 e. The van der Waals surface area contributed by atoms with Crippen LogP contribution in [0.25, 0.3) is 0 Å². The molecule has 0 unspecified atom stereocenters. The normalized spacial score (nSPS) is 13.4. The summed E-state index contributed by atoms with van der Waals surface area (Å²) in [4.78, 5) is 43.1. The fourth-order valence-corrected chi connectivity index (χ4v) is 3.75. The van der Waals surface area contributed by atoms with E-state index in [4.69, 9.17) is 5.73 Å². The Hall–Kier alpha value is -2.86. The summed E-state index contributed by atoms with van der Waals surface area (Å²) in [5.41, 5.74) is 6.25. The topological polar surface area (TPSA) is 135 Å². The Morgan fingerprint density at radius 2 is 2.15 bits per heavy atom. The van der Waals surface area contributed by atoms with Crippen molar-refractivity contribution in [3.05, 3.63) is 49.3 Å². The van der Waals surface area contributed by atoms with Gasteiger partial charge in [0.25, 0.3) is 5.56 Å². The van der Waals surface area contributed by atoms with E-state index in [-0.39, 0.29) is 23.2 Å². The average molecular weight is 371 g/mol. The molecule has 2 aromatic rings. The molecule has 134 valence electrons. The Morgan fingerprint density at radius 1 is 1.46 bits per heavy atom. The number of nitrogens with two attached hydrogens (primary N) is 1. The first-order valence-electron chi connectivity index (χ1n) is 8.02. The van der Waals surface area contributed by atoms with Crippen molar-refractivity contribution in [1.82, 2.24) is 14.5 Å². The lowest BCUT2D eigenvalue weighted by Crippen LogP contribution is -2.36. The molecule has 2 aromatic heterocycles. The molecule has 0 saturated heterocycles. The molecule has 0 radical (unpaired) electrons. The van der Waals surface area contributed by atoms with Crippen molar-refractivity contribution >= 4 is 23.4 Å². The van der Waals surface area contributed by atoms with E-state index in [0.717, 1.165) is 35.9 Å². The van der Waals surface area contributed by atoms with Gasteiger partial charge in [0, 0.05) is 11.7 Å². The van der Waals surface area contributed by atoms with Crippen molar-refractivity contribution < 1.29 is 4.79 Å². The third-order valence-electron chi connectivity index (χ3n) is 4.14. The van der Waals surface area contributed by atoms with Crippen LogP contribution in [0.4, 0.5) is 5.82 Å². The first-order valence-corrected chi connectivity index (χ1v) is 9.00. The standard InChI is InChI=1S/C17H17N5O3S/c1-8-5-9(2)20-16(11(8)6-18)26-7-12(23)13-14(19)22(10-3-4-10)17(25)21-15(13)24/h5,10H,3-4,7,19H2,1-2H3,(H,21,24,25). The highest BCUT2D eigenvalue weighted by Gasteiger charge is 2.30. The molecule has 1 saturated carbocycles. The molecule has 0 amide bonds. The number of aromatic amines is 1. The molecule has 0 aromatic carbocycles. The smallest absolute Gasteiger partial charge is 0.330 e. The second-order valence-corrected chi connectivity index (χ2v) is 7.17. The number of hydrogen-bond donors (Lipinski definition) is 2. The van der Waals surface area contributed by atoms with Crippen LogP contribution >= 0.6 is 11.8 Å². The van der Waals surface area contributed by atoms with Crippen LogP contribution in [-0.4, -0.2) is 26.1 Å². The van der Waals surface area contributed by atoms with Crippen molar-refractivity contribution in [3.8, 4) is 6.07 Å². The summed E-state index contributed by atoms with van der Waals surface area (Å²) in [5.74, 6) is -0.713. The number of carbonyl (C=O) groups is 1. The summed E-state index contributed by atoms with van der Waals surface area (Å²) < 4.78 is 1.27. The molecule has 1 fully saturated rings. The van der Waals surface area contributed by atoms with Crippen LogP contribution in [0.1, 0.15) is 46.1 Å². The number of Topliss-reactive ketones (excluding diaryl/α,β-unsaturated/α-hetero) is 1. The number of anilines is 1. The molecular formula is C17H17N5O3S. The summed E-state index contributed by atoms with van der Waals surface area (Å²) >= 11 is 1.08. The number of nitrogens with zero attached hydrogens (tertiary/aromatic N) is 3. The zero-order valence-corrected chi connectivity index (χ0v) is 15.1. The molecule has 1 aliphatic carbocycles. The van der Waals surface area contributed by atoms with Crippen molar-refractivity contribution in [2.75, 3.05) is 11.5 Å². The van der Waals surface area contributed by atoms with Crippen LogP contribution in [-0.2, 0) is 0 Å². The van der Waals surface area contributed by atoms with Crippen LogP contribution < -0.4 is 17.0 Å². The maximum atomic E-state index is 12.6. The van der Waals surface area contributed by atoms with Gasteiger partial charge in [0.1, 0.15) is 22.5 Å². The van der Waals surface area contributed by atoms with E-state index in [1.54, 1.807) is 19.9 Å². The fraction of sp³-hybridized carbons (Fsp3) is 0.353. The zero-order valence-electron chi connectivity index (χ0n) is 14.3. The number of rotatable bonds is 5. The highest BCUT2D eigenvalue weighted by atomic mass is 32.2. The van der Waals surface area contributed by atoms with Crippen LogP contribution in [0.5, 0.6) is 0 Å². The van der Waals surface area contributed by atoms with E-state index in [1.807, 2.05) is 0 Å². The molecular weight excluding hydrogens is 354 g/mol. The van der Waals surface area contributed by atoms with Gasteiger partial charge in [-0.15, -0.1) is 0 Å². The van der Waals surface area contributed by atoms with E-state index in [9.17, 15) is 19.6 Å². The number of nitriles is 1. The van der Waals surface area contributed by atoms with Gasteiger partial charge in [0.2, 0.25) is 0 Å². The molecule has 0 spiro atoms. The number of nitrogen functional groups attached to an aromatic ring is 1. The number of thioether (sulfide) groups is 1. The number of carbonyl (C=O) groups excluding carboxylic acids is 1. The molecule has 26 heavy (non-hydrogen) atoms. The molecule has 0 atom stereocenters. The predicted octanol–water partition coefficient (Wildman–Crippen LogP) is 1.31. The van der Waals surface area contributed by atoms with Crippen molar-refractivity contribution in [2.24, 2.45) is 0 Å². The number of nitrogens with one attached hydrogen (secondary N) is 1. The van der Waals surface area contributed by atoms with E-state index in [1.165, 1.54) is 4.57 Å². The number of ketones is 1. The Labute approximate surface area is 153 Å². The third-order valence-corrected chi connectivity index (χ3v) is 5.11. The molecule has 8 nitrogen and oxygen atoms in total. The average Bonchev–Trinajstić information content (AvgIpc) is 3.36. The van der Waals surface area contributed by atoms with Crippen LogP contribution in [0.3, 0.4) is 0 Å². The maximum absolute atomic E-state index is 12.6. The lowest BCUT2D eigenvalue weighted by atomic mass is 10.1. The molecule has 2 heterocycles. The van der Waals surface area contributed by atoms with Crippen LogP contribution in [0, 0.1) is 25.2 Å². The minimum Gasteiger partial charge on any atom is -0.384 e. The zero-order chi connectivity index (χ0) is 19.0. The van der Waals surface area contributed by atoms with Crippen LogP contribution in [0.2, 0.25) is 0 Å². The molecule has 0 bridgehead atoms. The monoisotopic (exact) mass is 371 g/mol. The van der Waals surface area contributed by atoms with E-state index in [2.05, 4.69) is 16.0 Å². The van der Waals surface area contributed by atoms with Gasteiger partial charge in [-0.25, -0.2) is 9.78 Å². The SMILES string of the molecule is Cc1cc(C)c(C#N)c(SCC(=O)c2c(N)n(C3CC3)c(=O)[nH]c2=O)n1. The van der Waals surface area contributed by atoms with Gasteiger partial charge in [0.05, 0.1) is 11.3 Å². The predicted molar refractivity (Wildman–Crippen MR) is 97.5 cm³/mol. The highest BCUT2D eigenvalue weighted by molar-refractivity contribution is 8.00. The molecule has 3 N–H and O–H groups in total. The summed E-state index contributed by atoms with van der Waals surface area (Å²) in [6.07, 6.45) is 1.58. The van der Waals surface area contributed by atoms with Gasteiger partial charge in [-0.1, -0.05) is 11.8 Å². The molecule has 0 aliphatic heterocycles. The lowest BCUT2D eigenvalue weighted by Gasteiger charge is -2.11. The summed E-state index contributed by atoms with van der Waals surface area (Å²) in [6.45, 7) is 3.60. The Bertz CT molecular complexity index is 1060. The Balaban J connectivity index is 1.91. The van der Waals surface area contributed by atoms with Gasteiger partial charge in [0.15, 0.2) is 5.78 Å². The summed E-state index contributed by atoms with van der Waals surface area (Å²) in [5, 5.41) is 9.73. The number of aryl methyl sites for hydroxylation is 2. The summed E-state index contributed by atoms with van der Waals surface area (Å²) in [7, 11) is 0. The second-order valence-electron chi connectivity index (χ2n) is 6.21. The van der Waals surface area contributed by atoms with Crippen molar-refractivity contribution in [2.45, 2.75) is 37.8 Å². The minimum atomic E-state index is -0.788. The summed E-state index contributed by atoms with van der Waals surface area (Å²) in [6, 6.07) is 3.81. The lowest BCUT2D eigenvalue weighted by molar-refractivity contribution is 0.102. The molecule has 9 heteroatoms. The highest BCUT2D eigenvalue weighted by Crippen LogP contribution is 2.35. The van der Waals surface area contributed by atoms with Crippen molar-refractivity contribution in [3.63, 3.8) is 0 Å². The second kappa shape index (κ2) is 6.80. The molecule has 3 rings (SSSR count). The Morgan fingerprint density at radius 3 is 2.77 bits per heavy atom. The van der Waals surface area contributed by atoms with E-state index < -0.39 is 17.0 Å². The first kappa shape index (κ1) is 17.9. The number of pyridine rings is 1. The van der Waals surface area contributed by atoms with Gasteiger partial charge >= 0.3 is 5.69 Å². The number of hydrogen-bond acceptors (Lipinski definition) is 7. The molecule has 1 aliphatic rings. The van der Waals surface area contributed by atoms with Crippen molar-refractivity contribution in [1.29, 1.82) is 5.26 Å². The largest absolute Gasteiger partial charge is 0.384 e. The third kappa shape index (κ3) is 3.28. The Kier molecular flexibility index (Phi) is 4.70. The fourth-order valence-electron chi connectivity index (χ4n) is 2.78. The van der Waals surface area contributed by atoms with Gasteiger partial charge in [-0.05, 0) is 38.3 Å². The van der Waals surface area contributed by atoms with Gasteiger partial charge in [-0.3, -0.25) is 19.1 Å². The van der Waals surface area contributed by atoms with E-state index in [0.29, 0.717) is 10.6 Å².